The molecule has 2 N–H and O–H groups in total. The zero-order valence-corrected chi connectivity index (χ0v) is 7.79. The van der Waals surface area contributed by atoms with Crippen LogP contribution in [0.5, 0.6) is 0 Å². The maximum absolute atomic E-state index is 9.72. The largest absolute Gasteiger partial charge is 0.393 e. The maximum Gasteiger partial charge on any atom is 0.0566 e. The number of hydrogen-bond donors (Lipinski definition) is 2. The highest BCUT2D eigenvalue weighted by atomic mass is 16.3. The molecular weight excluding hydrogens is 150 g/mol. The van der Waals surface area contributed by atoms with Gasteiger partial charge in [-0.2, -0.15) is 0 Å². The summed E-state index contributed by atoms with van der Waals surface area (Å²) in [6.45, 7) is 2.08. The van der Waals surface area contributed by atoms with E-state index >= 15 is 0 Å². The fourth-order valence-corrected chi connectivity index (χ4v) is 2.75. The monoisotopic (exact) mass is 169 g/mol. The van der Waals surface area contributed by atoms with Crippen molar-refractivity contribution in [3.05, 3.63) is 0 Å². The molecule has 2 nitrogen and oxygen atoms in total. The van der Waals surface area contributed by atoms with E-state index in [0.717, 1.165) is 18.5 Å². The van der Waals surface area contributed by atoms with Crippen molar-refractivity contribution in [3.63, 3.8) is 0 Å². The second-order valence-electron chi connectivity index (χ2n) is 4.34. The number of hydrogen-bond acceptors (Lipinski definition) is 2. The lowest BCUT2D eigenvalue weighted by Crippen LogP contribution is -2.41. The van der Waals surface area contributed by atoms with Gasteiger partial charge in [-0.15, -0.1) is 0 Å². The fourth-order valence-electron chi connectivity index (χ4n) is 2.75. The molecule has 3 unspecified atom stereocenters. The van der Waals surface area contributed by atoms with Crippen LogP contribution in [-0.2, 0) is 0 Å². The molecule has 0 aromatic carbocycles. The Morgan fingerprint density at radius 1 is 1.33 bits per heavy atom. The van der Waals surface area contributed by atoms with Crippen LogP contribution in [0.2, 0.25) is 0 Å². The molecule has 0 aliphatic carbocycles. The van der Waals surface area contributed by atoms with Crippen molar-refractivity contribution in [2.45, 2.75) is 57.2 Å². The summed E-state index contributed by atoms with van der Waals surface area (Å²) in [4.78, 5) is 0. The van der Waals surface area contributed by atoms with E-state index in [1.54, 1.807) is 0 Å². The van der Waals surface area contributed by atoms with E-state index in [1.165, 1.54) is 25.7 Å². The highest BCUT2D eigenvalue weighted by Crippen LogP contribution is 2.33. The van der Waals surface area contributed by atoms with Crippen molar-refractivity contribution in [2.24, 2.45) is 5.92 Å². The summed E-state index contributed by atoms with van der Waals surface area (Å²) in [5.74, 6) is 0.578. The zero-order chi connectivity index (χ0) is 8.55. The van der Waals surface area contributed by atoms with E-state index in [9.17, 15) is 5.11 Å². The van der Waals surface area contributed by atoms with Gasteiger partial charge in [0.25, 0.3) is 0 Å². The van der Waals surface area contributed by atoms with Crippen LogP contribution in [0.1, 0.15) is 39.0 Å². The van der Waals surface area contributed by atoms with Crippen molar-refractivity contribution in [2.75, 3.05) is 0 Å². The Labute approximate surface area is 74.4 Å². The summed E-state index contributed by atoms with van der Waals surface area (Å²) in [5, 5.41) is 13.3. The van der Waals surface area contributed by atoms with Crippen LogP contribution in [-0.4, -0.2) is 23.3 Å². The van der Waals surface area contributed by atoms with Gasteiger partial charge in [0, 0.05) is 12.1 Å². The molecule has 0 amide bonds. The van der Waals surface area contributed by atoms with Crippen molar-refractivity contribution in [1.82, 2.24) is 5.32 Å². The predicted molar refractivity (Wildman–Crippen MR) is 49.0 cm³/mol. The number of aliphatic hydroxyl groups is 1. The first-order valence-corrected chi connectivity index (χ1v) is 5.23. The third-order valence-electron chi connectivity index (χ3n) is 3.47. The van der Waals surface area contributed by atoms with Crippen LogP contribution in [0.3, 0.4) is 0 Å². The normalized spacial score (nSPS) is 43.0. The molecule has 12 heavy (non-hydrogen) atoms. The highest BCUT2D eigenvalue weighted by molar-refractivity contribution is 4.93. The van der Waals surface area contributed by atoms with Gasteiger partial charge in [-0.1, -0.05) is 6.92 Å². The summed E-state index contributed by atoms with van der Waals surface area (Å²) in [6.07, 6.45) is 5.94. The van der Waals surface area contributed by atoms with Gasteiger partial charge < -0.3 is 10.4 Å². The standard InChI is InChI=1S/C10H19NO/c1-2-10(12)7-5-8-3-4-9(6-7)11-8/h7-12H,2-6H2,1H3. The Bertz CT molecular complexity index is 148. The minimum Gasteiger partial charge on any atom is -0.393 e. The van der Waals surface area contributed by atoms with E-state index in [1.807, 2.05) is 0 Å². The van der Waals surface area contributed by atoms with Gasteiger partial charge in [-0.3, -0.25) is 0 Å². The Hall–Kier alpha value is -0.0800. The predicted octanol–water partition coefficient (Wildman–Crippen LogP) is 1.29. The second-order valence-corrected chi connectivity index (χ2v) is 4.34. The molecule has 2 aliphatic heterocycles. The summed E-state index contributed by atoms with van der Waals surface area (Å²) >= 11 is 0. The third kappa shape index (κ3) is 1.50. The van der Waals surface area contributed by atoms with E-state index in [4.69, 9.17) is 0 Å². The molecule has 2 aliphatic rings. The van der Waals surface area contributed by atoms with E-state index < -0.39 is 0 Å². The van der Waals surface area contributed by atoms with Gasteiger partial charge in [0.15, 0.2) is 0 Å². The number of piperidine rings is 1. The SMILES string of the molecule is CCC(O)C1CC2CCC(C1)N2. The number of rotatable bonds is 2. The Morgan fingerprint density at radius 2 is 1.92 bits per heavy atom. The van der Waals surface area contributed by atoms with Gasteiger partial charge in [0.1, 0.15) is 0 Å². The molecule has 3 atom stereocenters. The smallest absolute Gasteiger partial charge is 0.0566 e. The van der Waals surface area contributed by atoms with E-state index in [2.05, 4.69) is 12.2 Å². The third-order valence-corrected chi connectivity index (χ3v) is 3.47. The molecule has 2 heteroatoms. The quantitative estimate of drug-likeness (QED) is 0.653. The molecule has 0 aromatic rings. The first-order valence-electron chi connectivity index (χ1n) is 5.23. The number of aliphatic hydroxyl groups excluding tert-OH is 1. The Morgan fingerprint density at radius 3 is 2.42 bits per heavy atom. The summed E-state index contributed by atoms with van der Waals surface area (Å²) < 4.78 is 0. The second kappa shape index (κ2) is 3.35. The van der Waals surface area contributed by atoms with Gasteiger partial charge in [0.05, 0.1) is 6.10 Å². The Kier molecular flexibility index (Phi) is 2.37. The molecule has 0 radical (unpaired) electrons. The van der Waals surface area contributed by atoms with Gasteiger partial charge >= 0.3 is 0 Å². The van der Waals surface area contributed by atoms with Crippen LogP contribution in [0.15, 0.2) is 0 Å². The van der Waals surface area contributed by atoms with Crippen LogP contribution >= 0.6 is 0 Å². The Balaban J connectivity index is 1.93. The molecule has 2 bridgehead atoms. The summed E-state index contributed by atoms with van der Waals surface area (Å²) in [6, 6.07) is 1.44. The van der Waals surface area contributed by atoms with Crippen LogP contribution < -0.4 is 5.32 Å². The topological polar surface area (TPSA) is 32.3 Å². The van der Waals surface area contributed by atoms with Crippen LogP contribution in [0.4, 0.5) is 0 Å². The van der Waals surface area contributed by atoms with Gasteiger partial charge in [-0.25, -0.2) is 0 Å². The minimum absolute atomic E-state index is 0.0461. The van der Waals surface area contributed by atoms with Gasteiger partial charge in [0.2, 0.25) is 0 Å². The lowest BCUT2D eigenvalue weighted by Gasteiger charge is -2.31. The van der Waals surface area contributed by atoms with Gasteiger partial charge in [-0.05, 0) is 38.0 Å². The average Bonchev–Trinajstić information content (AvgIpc) is 2.44. The van der Waals surface area contributed by atoms with Crippen molar-refractivity contribution in [3.8, 4) is 0 Å². The molecule has 0 saturated carbocycles. The molecule has 70 valence electrons. The molecular formula is C10H19NO. The first-order chi connectivity index (χ1) is 5.79. The summed E-state index contributed by atoms with van der Waals surface area (Å²) in [7, 11) is 0. The van der Waals surface area contributed by atoms with Crippen LogP contribution in [0, 0.1) is 5.92 Å². The maximum atomic E-state index is 9.72. The molecule has 0 spiro atoms. The van der Waals surface area contributed by atoms with Crippen molar-refractivity contribution >= 4 is 0 Å². The first kappa shape index (κ1) is 8.52. The lowest BCUT2D eigenvalue weighted by molar-refractivity contribution is 0.0732. The van der Waals surface area contributed by atoms with Crippen LogP contribution in [0.25, 0.3) is 0 Å². The zero-order valence-electron chi connectivity index (χ0n) is 7.79. The van der Waals surface area contributed by atoms with Crippen molar-refractivity contribution < 1.29 is 5.11 Å². The molecule has 2 rings (SSSR count). The highest BCUT2D eigenvalue weighted by Gasteiger charge is 2.35. The van der Waals surface area contributed by atoms with E-state index in [-0.39, 0.29) is 6.10 Å². The minimum atomic E-state index is -0.0461. The van der Waals surface area contributed by atoms with Crippen molar-refractivity contribution in [1.29, 1.82) is 0 Å². The van der Waals surface area contributed by atoms with E-state index in [0.29, 0.717) is 5.92 Å². The number of nitrogens with one attached hydrogen (secondary N) is 1. The molecule has 2 saturated heterocycles. The lowest BCUT2D eigenvalue weighted by atomic mass is 9.87. The number of fused-ring (bicyclic) bond motifs is 2. The molecule has 2 heterocycles. The summed E-state index contributed by atoms with van der Waals surface area (Å²) in [5.41, 5.74) is 0. The fraction of sp³-hybridized carbons (Fsp3) is 1.00. The molecule has 0 aromatic heterocycles. The molecule has 2 fully saturated rings. The average molecular weight is 169 g/mol.